The Morgan fingerprint density at radius 3 is 2.67 bits per heavy atom. The number of carbonyl (C=O) groups is 2. The molecule has 3 rings (SSSR count). The molecule has 2 fully saturated rings. The fourth-order valence-corrected chi connectivity index (χ4v) is 5.02. The number of halogens is 1. The summed E-state index contributed by atoms with van der Waals surface area (Å²) in [5.41, 5.74) is 1.30. The number of carboxylic acid groups (broad SMARTS) is 2. The van der Waals surface area contributed by atoms with Gasteiger partial charge in [0.05, 0.1) is 18.2 Å². The van der Waals surface area contributed by atoms with Crippen LogP contribution >= 0.6 is 11.6 Å². The molecule has 1 heterocycles. The van der Waals surface area contributed by atoms with E-state index in [-0.39, 0.29) is 17.6 Å². The summed E-state index contributed by atoms with van der Waals surface area (Å²) in [5, 5.41) is 16.1. The first kappa shape index (κ1) is 24.2. The van der Waals surface area contributed by atoms with Crippen molar-refractivity contribution in [3.8, 4) is 11.5 Å². The smallest absolute Gasteiger partial charge is 0.341 e. The number of methoxy groups -OCH3 is 2. The molecule has 2 atom stereocenters. The van der Waals surface area contributed by atoms with Gasteiger partial charge >= 0.3 is 5.97 Å². The molecule has 1 saturated carbocycles. The monoisotopic (exact) mass is 443 g/mol. The van der Waals surface area contributed by atoms with Crippen molar-refractivity contribution in [1.82, 2.24) is 4.90 Å². The summed E-state index contributed by atoms with van der Waals surface area (Å²) >= 11 is 6.34. The number of hydrogen-bond donors (Lipinski definition) is 2. The lowest BCUT2D eigenvalue weighted by Gasteiger charge is -2.43. The first-order valence-electron chi connectivity index (χ1n) is 9.93. The Hall–Kier alpha value is -2.03. The van der Waals surface area contributed by atoms with E-state index in [1.807, 2.05) is 19.2 Å². The van der Waals surface area contributed by atoms with Crippen molar-refractivity contribution in [1.29, 1.82) is 0 Å². The molecule has 0 amide bonds. The van der Waals surface area contributed by atoms with Gasteiger partial charge in [0.2, 0.25) is 0 Å². The van der Waals surface area contributed by atoms with E-state index in [0.717, 1.165) is 31.6 Å². The molecular formula is C21H30ClNO7. The minimum atomic E-state index is -1.06. The van der Waals surface area contributed by atoms with Crippen LogP contribution in [0.5, 0.6) is 11.5 Å². The van der Waals surface area contributed by atoms with Gasteiger partial charge in [0.25, 0.3) is 6.47 Å². The molecule has 2 aliphatic rings. The second-order valence-electron chi connectivity index (χ2n) is 7.69. The highest BCUT2D eigenvalue weighted by molar-refractivity contribution is 6.32. The zero-order chi connectivity index (χ0) is 22.1. The number of carboxylic acids is 1. The van der Waals surface area contributed by atoms with Crippen LogP contribution in [0.1, 0.15) is 37.7 Å². The van der Waals surface area contributed by atoms with Gasteiger partial charge in [0.1, 0.15) is 0 Å². The Balaban J connectivity index is 0.00000101. The summed E-state index contributed by atoms with van der Waals surface area (Å²) < 4.78 is 16.4. The van der Waals surface area contributed by atoms with Gasteiger partial charge in [-0.15, -0.1) is 0 Å². The molecule has 9 heteroatoms. The molecule has 1 saturated heterocycles. The molecule has 1 aliphatic heterocycles. The maximum Gasteiger partial charge on any atom is 0.341 e. The van der Waals surface area contributed by atoms with Crippen LogP contribution < -0.4 is 9.47 Å². The number of rotatable bonds is 7. The number of ether oxygens (including phenoxy) is 3. The lowest BCUT2D eigenvalue weighted by Crippen LogP contribution is -2.47. The van der Waals surface area contributed by atoms with Gasteiger partial charge in [0, 0.05) is 25.6 Å². The fourth-order valence-electron chi connectivity index (χ4n) is 4.73. The average Bonchev–Trinajstić information content (AvgIpc) is 3.08. The SMILES string of the molecule is COc1cc(CN2CCC[C@]3(CCC[C@H]3OC)C2)cc(Cl)c1OCC(=O)O.O=CO. The molecule has 0 radical (unpaired) electrons. The molecule has 2 N–H and O–H groups in total. The molecule has 8 nitrogen and oxygen atoms in total. The number of hydrogen-bond acceptors (Lipinski definition) is 6. The Labute approximate surface area is 181 Å². The number of likely N-dealkylation sites (tertiary alicyclic amines) is 1. The standard InChI is InChI=1S/C20H28ClNO5.CH2O2/c1-25-16-10-14(9-15(21)19(16)27-12-18(23)24)11-22-8-4-7-20(13-22)6-3-5-17(20)26-2;2-1-3/h9-10,17H,3-8,11-13H2,1-2H3,(H,23,24);1H,(H,2,3)/t17-,20-;/m1./s1. The van der Waals surface area contributed by atoms with Crippen molar-refractivity contribution in [3.05, 3.63) is 22.7 Å². The Morgan fingerprint density at radius 2 is 2.03 bits per heavy atom. The van der Waals surface area contributed by atoms with E-state index in [4.69, 9.17) is 40.8 Å². The molecule has 1 aromatic rings. The summed E-state index contributed by atoms with van der Waals surface area (Å²) in [6, 6.07) is 3.72. The van der Waals surface area contributed by atoms with Crippen molar-refractivity contribution in [3.63, 3.8) is 0 Å². The Kier molecular flexibility index (Phi) is 9.20. The highest BCUT2D eigenvalue weighted by atomic mass is 35.5. The van der Waals surface area contributed by atoms with Crippen LogP contribution in [0, 0.1) is 5.41 Å². The molecule has 0 aromatic heterocycles. The maximum atomic E-state index is 10.8. The van der Waals surface area contributed by atoms with Crippen LogP contribution in [-0.2, 0) is 20.9 Å². The fraction of sp³-hybridized carbons (Fsp3) is 0.619. The van der Waals surface area contributed by atoms with Crippen molar-refractivity contribution in [2.24, 2.45) is 5.41 Å². The maximum absolute atomic E-state index is 10.8. The third-order valence-corrected chi connectivity index (χ3v) is 6.11. The van der Waals surface area contributed by atoms with E-state index in [0.29, 0.717) is 16.9 Å². The molecule has 1 aliphatic carbocycles. The topological polar surface area (TPSA) is 106 Å². The first-order chi connectivity index (χ1) is 14.4. The van der Waals surface area contributed by atoms with E-state index >= 15 is 0 Å². The van der Waals surface area contributed by atoms with Crippen molar-refractivity contribution in [2.45, 2.75) is 44.8 Å². The minimum Gasteiger partial charge on any atom is -0.493 e. The number of benzene rings is 1. The lowest BCUT2D eigenvalue weighted by molar-refractivity contribution is -0.139. The highest BCUT2D eigenvalue weighted by Gasteiger charge is 2.45. The molecule has 1 aromatic carbocycles. The Bertz CT molecular complexity index is 730. The predicted molar refractivity (Wildman–Crippen MR) is 111 cm³/mol. The van der Waals surface area contributed by atoms with E-state index < -0.39 is 12.6 Å². The summed E-state index contributed by atoms with van der Waals surface area (Å²) in [5.74, 6) is -0.322. The number of nitrogens with zero attached hydrogens (tertiary/aromatic N) is 1. The number of piperidine rings is 1. The largest absolute Gasteiger partial charge is 0.493 e. The zero-order valence-electron chi connectivity index (χ0n) is 17.4. The van der Waals surface area contributed by atoms with Crippen LogP contribution in [-0.4, -0.2) is 67.6 Å². The lowest BCUT2D eigenvalue weighted by atomic mass is 9.76. The second kappa shape index (κ2) is 11.4. The van der Waals surface area contributed by atoms with E-state index in [2.05, 4.69) is 4.90 Å². The van der Waals surface area contributed by atoms with Gasteiger partial charge in [-0.25, -0.2) is 4.79 Å². The molecule has 0 unspecified atom stereocenters. The van der Waals surface area contributed by atoms with Crippen molar-refractivity contribution < 1.29 is 34.0 Å². The summed E-state index contributed by atoms with van der Waals surface area (Å²) in [6.07, 6.45) is 6.37. The quantitative estimate of drug-likeness (QED) is 0.618. The van der Waals surface area contributed by atoms with Crippen LogP contribution in [0.2, 0.25) is 5.02 Å². The summed E-state index contributed by atoms with van der Waals surface area (Å²) in [7, 11) is 3.36. The van der Waals surface area contributed by atoms with Crippen molar-refractivity contribution >= 4 is 24.0 Å². The van der Waals surface area contributed by atoms with Gasteiger partial charge in [-0.3, -0.25) is 9.69 Å². The van der Waals surface area contributed by atoms with Crippen LogP contribution in [0.15, 0.2) is 12.1 Å². The summed E-state index contributed by atoms with van der Waals surface area (Å²) in [4.78, 5) is 21.6. The third kappa shape index (κ3) is 6.00. The van der Waals surface area contributed by atoms with E-state index in [1.165, 1.54) is 32.8 Å². The average molecular weight is 444 g/mol. The van der Waals surface area contributed by atoms with E-state index in [9.17, 15) is 4.79 Å². The van der Waals surface area contributed by atoms with Crippen LogP contribution in [0.4, 0.5) is 0 Å². The Morgan fingerprint density at radius 1 is 1.33 bits per heavy atom. The molecule has 30 heavy (non-hydrogen) atoms. The van der Waals surface area contributed by atoms with Gasteiger partial charge in [-0.2, -0.15) is 0 Å². The van der Waals surface area contributed by atoms with Gasteiger partial charge in [0.15, 0.2) is 18.1 Å². The number of aliphatic carboxylic acids is 1. The van der Waals surface area contributed by atoms with E-state index in [1.54, 1.807) is 0 Å². The van der Waals surface area contributed by atoms with Gasteiger partial charge in [-0.05, 0) is 49.9 Å². The van der Waals surface area contributed by atoms with Gasteiger partial charge < -0.3 is 24.4 Å². The second-order valence-corrected chi connectivity index (χ2v) is 8.10. The molecule has 168 valence electrons. The van der Waals surface area contributed by atoms with Crippen LogP contribution in [0.3, 0.4) is 0 Å². The predicted octanol–water partition coefficient (Wildman–Crippen LogP) is 3.29. The zero-order valence-corrected chi connectivity index (χ0v) is 18.2. The third-order valence-electron chi connectivity index (χ3n) is 5.83. The minimum absolute atomic E-state index is 0.250. The summed E-state index contributed by atoms with van der Waals surface area (Å²) in [6.45, 7) is 2.15. The molecule has 1 spiro atoms. The first-order valence-corrected chi connectivity index (χ1v) is 10.3. The highest BCUT2D eigenvalue weighted by Crippen LogP contribution is 2.47. The molecule has 0 bridgehead atoms. The van der Waals surface area contributed by atoms with Crippen LogP contribution in [0.25, 0.3) is 0 Å². The van der Waals surface area contributed by atoms with Gasteiger partial charge in [-0.1, -0.05) is 18.0 Å². The normalized spacial score (nSPS) is 23.5. The van der Waals surface area contributed by atoms with Crippen molar-refractivity contribution in [2.75, 3.05) is 33.9 Å². The molecular weight excluding hydrogens is 414 g/mol.